The van der Waals surface area contributed by atoms with Crippen molar-refractivity contribution in [1.29, 1.82) is 0 Å². The lowest BCUT2D eigenvalue weighted by Crippen LogP contribution is -2.36. The minimum Gasteiger partial charge on any atom is -0.493 e. The summed E-state index contributed by atoms with van der Waals surface area (Å²) in [5.74, 6) is -0.597. The zero-order valence-corrected chi connectivity index (χ0v) is 17.9. The van der Waals surface area contributed by atoms with Crippen LogP contribution in [0.25, 0.3) is 0 Å². The Kier molecular flexibility index (Phi) is 9.81. The summed E-state index contributed by atoms with van der Waals surface area (Å²) in [6, 6.07) is 5.17. The van der Waals surface area contributed by atoms with Gasteiger partial charge < -0.3 is 18.9 Å². The van der Waals surface area contributed by atoms with Gasteiger partial charge in [-0.05, 0) is 31.4 Å². The minimum absolute atomic E-state index is 0.246. The van der Waals surface area contributed by atoms with E-state index in [1.165, 1.54) is 27.1 Å². The summed E-state index contributed by atoms with van der Waals surface area (Å²) < 4.78 is 21.7. The van der Waals surface area contributed by atoms with Crippen molar-refractivity contribution in [3.63, 3.8) is 0 Å². The number of rotatable bonds is 11. The molecule has 6 heteroatoms. The largest absolute Gasteiger partial charge is 0.493 e. The van der Waals surface area contributed by atoms with Crippen molar-refractivity contribution in [2.75, 3.05) is 20.8 Å². The Labute approximate surface area is 173 Å². The monoisotopic (exact) mass is 406 g/mol. The smallest absolute Gasteiger partial charge is 0.315 e. The average Bonchev–Trinajstić information content (AvgIpc) is 2.76. The van der Waals surface area contributed by atoms with Crippen LogP contribution in [0.5, 0.6) is 17.2 Å². The first kappa shape index (κ1) is 23.0. The molecule has 0 spiro atoms. The molecule has 6 nitrogen and oxygen atoms in total. The Balaban J connectivity index is 1.98. The molecule has 29 heavy (non-hydrogen) atoms. The van der Waals surface area contributed by atoms with E-state index in [1.807, 2.05) is 0 Å². The van der Waals surface area contributed by atoms with Crippen molar-refractivity contribution < 1.29 is 28.5 Å². The molecule has 2 atom stereocenters. The Morgan fingerprint density at radius 3 is 2.07 bits per heavy atom. The first-order valence-electron chi connectivity index (χ1n) is 10.7. The zero-order valence-electron chi connectivity index (χ0n) is 17.9. The maximum Gasteiger partial charge on any atom is 0.315 e. The number of ether oxygens (including phenoxy) is 4. The summed E-state index contributed by atoms with van der Waals surface area (Å²) in [7, 11) is 3.01. The third-order valence-corrected chi connectivity index (χ3v) is 5.45. The molecule has 2 rings (SSSR count). The van der Waals surface area contributed by atoms with Crippen LogP contribution in [0, 0.1) is 11.8 Å². The molecular formula is C23H34O6. The van der Waals surface area contributed by atoms with Crippen LogP contribution in [0.3, 0.4) is 0 Å². The van der Waals surface area contributed by atoms with Crippen molar-refractivity contribution in [2.24, 2.45) is 11.8 Å². The topological polar surface area (TPSA) is 71.1 Å². The molecule has 162 valence electrons. The van der Waals surface area contributed by atoms with Gasteiger partial charge in [0, 0.05) is 0 Å². The van der Waals surface area contributed by atoms with E-state index in [-0.39, 0.29) is 11.7 Å². The van der Waals surface area contributed by atoms with Crippen LogP contribution >= 0.6 is 0 Å². The molecule has 1 aliphatic rings. The first-order valence-corrected chi connectivity index (χ1v) is 10.7. The number of unbranched alkanes of at least 4 members (excludes halogenated alkanes) is 4. The van der Waals surface area contributed by atoms with Gasteiger partial charge in [0.1, 0.15) is 0 Å². The number of benzene rings is 1. The molecule has 0 saturated heterocycles. The van der Waals surface area contributed by atoms with Crippen LogP contribution in [-0.2, 0) is 14.3 Å². The maximum absolute atomic E-state index is 12.9. The molecule has 0 amide bonds. The molecule has 0 N–H and O–H groups in total. The van der Waals surface area contributed by atoms with Crippen molar-refractivity contribution in [1.82, 2.24) is 0 Å². The van der Waals surface area contributed by atoms with Crippen LogP contribution in [-0.4, -0.2) is 32.8 Å². The third kappa shape index (κ3) is 6.65. The fraction of sp³-hybridized carbons (Fsp3) is 0.652. The fourth-order valence-corrected chi connectivity index (χ4v) is 3.77. The molecule has 0 heterocycles. The van der Waals surface area contributed by atoms with E-state index >= 15 is 0 Å². The number of esters is 2. The van der Waals surface area contributed by atoms with Crippen LogP contribution in [0.2, 0.25) is 0 Å². The highest BCUT2D eigenvalue weighted by Gasteiger charge is 2.38. The highest BCUT2D eigenvalue weighted by Crippen LogP contribution is 2.39. The third-order valence-electron chi connectivity index (χ3n) is 5.45. The second kappa shape index (κ2) is 12.3. The summed E-state index contributed by atoms with van der Waals surface area (Å²) in [5.41, 5.74) is 0. The Morgan fingerprint density at radius 2 is 1.48 bits per heavy atom. The van der Waals surface area contributed by atoms with Gasteiger partial charge in [-0.2, -0.15) is 0 Å². The predicted molar refractivity (Wildman–Crippen MR) is 110 cm³/mol. The zero-order chi connectivity index (χ0) is 21.1. The SMILES string of the molecule is CCCCCCCOC(=O)C1CCCCC1C(=O)Oc1c(OC)cccc1OC. The van der Waals surface area contributed by atoms with Gasteiger partial charge in [0.15, 0.2) is 11.5 Å². The van der Waals surface area contributed by atoms with E-state index in [2.05, 4.69) is 6.92 Å². The highest BCUT2D eigenvalue weighted by molar-refractivity contribution is 5.84. The normalized spacial score (nSPS) is 18.7. The Hall–Kier alpha value is -2.24. The van der Waals surface area contributed by atoms with E-state index < -0.39 is 17.8 Å². The van der Waals surface area contributed by atoms with Crippen LogP contribution in [0.15, 0.2) is 18.2 Å². The van der Waals surface area contributed by atoms with Gasteiger partial charge in [0.25, 0.3) is 0 Å². The van der Waals surface area contributed by atoms with Gasteiger partial charge in [-0.3, -0.25) is 9.59 Å². The quantitative estimate of drug-likeness (QED) is 0.295. The maximum atomic E-state index is 12.9. The van der Waals surface area contributed by atoms with Gasteiger partial charge in [0.2, 0.25) is 5.75 Å². The van der Waals surface area contributed by atoms with E-state index in [4.69, 9.17) is 18.9 Å². The molecule has 0 radical (unpaired) electrons. The summed E-state index contributed by atoms with van der Waals surface area (Å²) in [6.45, 7) is 2.59. The van der Waals surface area contributed by atoms with Crippen molar-refractivity contribution in [3.05, 3.63) is 18.2 Å². The molecule has 1 aliphatic carbocycles. The van der Waals surface area contributed by atoms with Crippen LogP contribution < -0.4 is 14.2 Å². The van der Waals surface area contributed by atoms with E-state index in [1.54, 1.807) is 18.2 Å². The molecule has 0 aliphatic heterocycles. The molecule has 1 aromatic rings. The lowest BCUT2D eigenvalue weighted by molar-refractivity contribution is -0.158. The van der Waals surface area contributed by atoms with Crippen molar-refractivity contribution in [2.45, 2.75) is 64.7 Å². The highest BCUT2D eigenvalue weighted by atomic mass is 16.6. The summed E-state index contributed by atoms with van der Waals surface area (Å²) in [5, 5.41) is 0. The van der Waals surface area contributed by atoms with Crippen molar-refractivity contribution in [3.8, 4) is 17.2 Å². The second-order valence-electron chi connectivity index (χ2n) is 7.49. The number of hydrogen-bond acceptors (Lipinski definition) is 6. The number of methoxy groups -OCH3 is 2. The van der Waals surface area contributed by atoms with Gasteiger partial charge in [-0.1, -0.05) is 51.5 Å². The average molecular weight is 407 g/mol. The first-order chi connectivity index (χ1) is 14.1. The standard InChI is InChI=1S/C23H34O6/c1-4-5-6-7-10-16-28-22(24)17-12-8-9-13-18(17)23(25)29-21-19(26-2)14-11-15-20(21)27-3/h11,14-15,17-18H,4-10,12-13,16H2,1-3H3. The van der Waals surface area contributed by atoms with E-state index in [0.717, 1.165) is 32.1 Å². The molecular weight excluding hydrogens is 372 g/mol. The second-order valence-corrected chi connectivity index (χ2v) is 7.49. The van der Waals surface area contributed by atoms with Gasteiger partial charge in [0.05, 0.1) is 32.7 Å². The molecule has 1 saturated carbocycles. The summed E-state index contributed by atoms with van der Waals surface area (Å²) >= 11 is 0. The fourth-order valence-electron chi connectivity index (χ4n) is 3.77. The van der Waals surface area contributed by atoms with Gasteiger partial charge >= 0.3 is 11.9 Å². The summed E-state index contributed by atoms with van der Waals surface area (Å²) in [4.78, 5) is 25.5. The van der Waals surface area contributed by atoms with Gasteiger partial charge in [-0.15, -0.1) is 0 Å². The predicted octanol–water partition coefficient (Wildman–Crippen LogP) is 4.93. The molecule has 0 aromatic heterocycles. The minimum atomic E-state index is -0.508. The molecule has 1 fully saturated rings. The van der Waals surface area contributed by atoms with Crippen LogP contribution in [0.1, 0.15) is 64.7 Å². The molecule has 2 unspecified atom stereocenters. The molecule has 1 aromatic carbocycles. The van der Waals surface area contributed by atoms with Crippen molar-refractivity contribution >= 4 is 11.9 Å². The van der Waals surface area contributed by atoms with E-state index in [9.17, 15) is 9.59 Å². The van der Waals surface area contributed by atoms with Gasteiger partial charge in [-0.25, -0.2) is 0 Å². The number of carbonyl (C=O) groups excluding carboxylic acids is 2. The number of para-hydroxylation sites is 1. The lowest BCUT2D eigenvalue weighted by atomic mass is 9.79. The Morgan fingerprint density at radius 1 is 0.897 bits per heavy atom. The van der Waals surface area contributed by atoms with Crippen LogP contribution in [0.4, 0.5) is 0 Å². The number of carbonyl (C=O) groups is 2. The summed E-state index contributed by atoms with van der Waals surface area (Å²) in [6.07, 6.45) is 8.55. The Bertz CT molecular complexity index is 635. The molecule has 0 bridgehead atoms. The number of hydrogen-bond donors (Lipinski definition) is 0. The lowest BCUT2D eigenvalue weighted by Gasteiger charge is -2.28. The van der Waals surface area contributed by atoms with E-state index in [0.29, 0.717) is 30.9 Å².